The van der Waals surface area contributed by atoms with Crippen LogP contribution in [0.5, 0.6) is 0 Å². The van der Waals surface area contributed by atoms with Gasteiger partial charge in [-0.05, 0) is 31.2 Å². The van der Waals surface area contributed by atoms with Gasteiger partial charge >= 0.3 is 0 Å². The van der Waals surface area contributed by atoms with Crippen molar-refractivity contribution in [1.29, 1.82) is 0 Å². The molecule has 1 aromatic carbocycles. The van der Waals surface area contributed by atoms with Crippen LogP contribution in [0.4, 0.5) is 0 Å². The maximum atomic E-state index is 12.2. The Morgan fingerprint density at radius 3 is 2.88 bits per heavy atom. The number of furan rings is 2. The van der Waals surface area contributed by atoms with Gasteiger partial charge in [0, 0.05) is 5.39 Å². The summed E-state index contributed by atoms with van der Waals surface area (Å²) in [5.74, 6) is 1.49. The van der Waals surface area contributed by atoms with E-state index in [4.69, 9.17) is 13.3 Å². The van der Waals surface area contributed by atoms with Crippen LogP contribution in [0.2, 0.25) is 0 Å². The molecule has 0 aliphatic rings. The zero-order chi connectivity index (χ0) is 17.9. The first-order chi connectivity index (χ1) is 12.7. The highest BCUT2D eigenvalue weighted by Gasteiger charge is 2.16. The van der Waals surface area contributed by atoms with Crippen LogP contribution in [0.3, 0.4) is 0 Å². The average Bonchev–Trinajstić information content (AvgIpc) is 3.39. The fourth-order valence-electron chi connectivity index (χ4n) is 2.47. The third kappa shape index (κ3) is 3.50. The largest absolute Gasteiger partial charge is 0.459 e. The smallest absolute Gasteiger partial charge is 0.284 e. The van der Waals surface area contributed by atoms with E-state index < -0.39 is 0 Å². The number of para-hydroxylation sites is 1. The van der Waals surface area contributed by atoms with Crippen LogP contribution in [0.25, 0.3) is 22.6 Å². The second-order valence-corrected chi connectivity index (χ2v) is 6.54. The molecule has 0 aliphatic heterocycles. The first kappa shape index (κ1) is 16.5. The standard InChI is InChI=1S/C18H15N3O4S/c1-11(15-9-12-5-2-3-6-13(12)24-15)19-16(22)10-26-18-21-20-17(25-18)14-7-4-8-23-14/h2-9,11H,10H2,1H3,(H,19,22). The topological polar surface area (TPSA) is 94.3 Å². The van der Waals surface area contributed by atoms with Crippen LogP contribution in [0.15, 0.2) is 67.2 Å². The third-order valence-electron chi connectivity index (χ3n) is 3.71. The summed E-state index contributed by atoms with van der Waals surface area (Å²) in [5.41, 5.74) is 0.800. The van der Waals surface area contributed by atoms with Crippen molar-refractivity contribution in [3.8, 4) is 11.7 Å². The lowest BCUT2D eigenvalue weighted by atomic mass is 10.2. The number of benzene rings is 1. The van der Waals surface area contributed by atoms with E-state index in [-0.39, 0.29) is 23.6 Å². The highest BCUT2D eigenvalue weighted by atomic mass is 32.2. The monoisotopic (exact) mass is 369 g/mol. The number of carbonyl (C=O) groups excluding carboxylic acids is 1. The van der Waals surface area contributed by atoms with Gasteiger partial charge < -0.3 is 18.6 Å². The van der Waals surface area contributed by atoms with Crippen molar-refractivity contribution < 1.29 is 18.0 Å². The van der Waals surface area contributed by atoms with E-state index in [1.54, 1.807) is 12.1 Å². The van der Waals surface area contributed by atoms with E-state index >= 15 is 0 Å². The number of thioether (sulfide) groups is 1. The fraction of sp³-hybridized carbons (Fsp3) is 0.167. The number of hydrogen-bond donors (Lipinski definition) is 1. The summed E-state index contributed by atoms with van der Waals surface area (Å²) in [6, 6.07) is 12.9. The second kappa shape index (κ2) is 7.09. The zero-order valence-electron chi connectivity index (χ0n) is 13.8. The number of hydrogen-bond acceptors (Lipinski definition) is 7. The van der Waals surface area contributed by atoms with E-state index in [0.717, 1.165) is 22.7 Å². The molecule has 1 amide bonds. The first-order valence-electron chi connectivity index (χ1n) is 7.97. The predicted octanol–water partition coefficient (Wildman–Crippen LogP) is 4.05. The zero-order valence-corrected chi connectivity index (χ0v) is 14.7. The van der Waals surface area contributed by atoms with Crippen LogP contribution in [0.1, 0.15) is 18.7 Å². The molecule has 0 aliphatic carbocycles. The molecule has 132 valence electrons. The van der Waals surface area contributed by atoms with Crippen molar-refractivity contribution in [3.05, 3.63) is 54.5 Å². The summed E-state index contributed by atoms with van der Waals surface area (Å²) in [4.78, 5) is 12.2. The molecular weight excluding hydrogens is 354 g/mol. The van der Waals surface area contributed by atoms with E-state index in [1.807, 2.05) is 37.3 Å². The Kier molecular flexibility index (Phi) is 4.49. The van der Waals surface area contributed by atoms with E-state index in [2.05, 4.69) is 15.5 Å². The number of fused-ring (bicyclic) bond motifs is 1. The highest BCUT2D eigenvalue weighted by Crippen LogP contribution is 2.25. The molecule has 4 rings (SSSR count). The van der Waals surface area contributed by atoms with Crippen LogP contribution in [-0.2, 0) is 4.79 Å². The molecule has 26 heavy (non-hydrogen) atoms. The van der Waals surface area contributed by atoms with Crippen molar-refractivity contribution in [3.63, 3.8) is 0 Å². The maximum Gasteiger partial charge on any atom is 0.284 e. The molecule has 3 heterocycles. The molecule has 7 nitrogen and oxygen atoms in total. The van der Waals surface area contributed by atoms with Gasteiger partial charge in [0.1, 0.15) is 11.3 Å². The van der Waals surface area contributed by atoms with Crippen LogP contribution < -0.4 is 5.32 Å². The summed E-state index contributed by atoms with van der Waals surface area (Å²) in [6.07, 6.45) is 1.53. The maximum absolute atomic E-state index is 12.2. The summed E-state index contributed by atoms with van der Waals surface area (Å²) >= 11 is 1.16. The minimum atomic E-state index is -0.239. The molecular formula is C18H15N3O4S. The Morgan fingerprint density at radius 1 is 1.19 bits per heavy atom. The van der Waals surface area contributed by atoms with Crippen molar-refractivity contribution in [2.45, 2.75) is 18.2 Å². The van der Waals surface area contributed by atoms with Crippen LogP contribution in [-0.4, -0.2) is 21.9 Å². The Morgan fingerprint density at radius 2 is 2.08 bits per heavy atom. The number of nitrogens with one attached hydrogen (secondary N) is 1. The van der Waals surface area contributed by atoms with Crippen molar-refractivity contribution in [1.82, 2.24) is 15.5 Å². The average molecular weight is 369 g/mol. The molecule has 1 N–H and O–H groups in total. The van der Waals surface area contributed by atoms with Crippen molar-refractivity contribution in [2.75, 3.05) is 5.75 Å². The molecule has 0 saturated heterocycles. The van der Waals surface area contributed by atoms with Gasteiger partial charge in [-0.3, -0.25) is 4.79 Å². The molecule has 0 bridgehead atoms. The minimum Gasteiger partial charge on any atom is -0.459 e. The number of aromatic nitrogens is 2. The quantitative estimate of drug-likeness (QED) is 0.512. The summed E-state index contributed by atoms with van der Waals surface area (Å²) < 4.78 is 16.4. The summed E-state index contributed by atoms with van der Waals surface area (Å²) in [5, 5.41) is 12.0. The minimum absolute atomic E-state index is 0.152. The van der Waals surface area contributed by atoms with E-state index in [9.17, 15) is 4.79 Å². The Bertz CT molecular complexity index is 989. The van der Waals surface area contributed by atoms with E-state index in [1.165, 1.54) is 6.26 Å². The van der Waals surface area contributed by atoms with Gasteiger partial charge in [-0.15, -0.1) is 10.2 Å². The highest BCUT2D eigenvalue weighted by molar-refractivity contribution is 7.99. The Labute approximate surface area is 152 Å². The fourth-order valence-corrected chi connectivity index (χ4v) is 3.04. The second-order valence-electron chi connectivity index (χ2n) is 5.61. The molecule has 0 spiro atoms. The molecule has 1 unspecified atom stereocenters. The lowest BCUT2D eigenvalue weighted by Gasteiger charge is -2.10. The van der Waals surface area contributed by atoms with Gasteiger partial charge in [-0.2, -0.15) is 0 Å². The lowest BCUT2D eigenvalue weighted by Crippen LogP contribution is -2.27. The SMILES string of the molecule is CC(NC(=O)CSc1nnc(-c2ccco2)o1)c1cc2ccccc2o1. The molecule has 1 atom stereocenters. The lowest BCUT2D eigenvalue weighted by molar-refractivity contribution is -0.119. The molecule has 3 aromatic heterocycles. The van der Waals surface area contributed by atoms with Crippen LogP contribution >= 0.6 is 11.8 Å². The summed E-state index contributed by atoms with van der Waals surface area (Å²) in [6.45, 7) is 1.88. The Hall–Kier alpha value is -3.00. The normalized spacial score (nSPS) is 12.3. The molecule has 0 radical (unpaired) electrons. The third-order valence-corrected chi connectivity index (χ3v) is 4.53. The Balaban J connectivity index is 1.33. The molecule has 4 aromatic rings. The van der Waals surface area contributed by atoms with Gasteiger partial charge in [-0.25, -0.2) is 0 Å². The van der Waals surface area contributed by atoms with Gasteiger partial charge in [0.05, 0.1) is 18.1 Å². The van der Waals surface area contributed by atoms with Crippen molar-refractivity contribution in [2.24, 2.45) is 0 Å². The number of nitrogens with zero attached hydrogens (tertiary/aromatic N) is 2. The molecule has 0 fully saturated rings. The predicted molar refractivity (Wildman–Crippen MR) is 95.5 cm³/mol. The van der Waals surface area contributed by atoms with E-state index in [0.29, 0.717) is 16.7 Å². The van der Waals surface area contributed by atoms with Gasteiger partial charge in [0.2, 0.25) is 5.91 Å². The van der Waals surface area contributed by atoms with Gasteiger partial charge in [-0.1, -0.05) is 30.0 Å². The number of rotatable bonds is 6. The van der Waals surface area contributed by atoms with Gasteiger partial charge in [0.15, 0.2) is 5.76 Å². The van der Waals surface area contributed by atoms with Crippen LogP contribution in [0, 0.1) is 0 Å². The number of amides is 1. The number of carbonyl (C=O) groups is 1. The molecule has 0 saturated carbocycles. The van der Waals surface area contributed by atoms with Crippen molar-refractivity contribution >= 4 is 28.6 Å². The summed E-state index contributed by atoms with van der Waals surface area (Å²) in [7, 11) is 0. The molecule has 8 heteroatoms. The van der Waals surface area contributed by atoms with Gasteiger partial charge in [0.25, 0.3) is 11.1 Å². The first-order valence-corrected chi connectivity index (χ1v) is 8.95.